The molecule has 2 aliphatic rings. The minimum absolute atomic E-state index is 0.0584. The standard InChI is InChI=1S/C18H31NO2/c20-15-6-1-4-11-18(13-8-14-19-18)12-5-2-9-17-10-3-7-16-21-17/h8,13-14,17,20H,1-7,9-12,15-16H2. The van der Waals surface area contributed by atoms with E-state index in [0.717, 1.165) is 38.7 Å². The first-order valence-electron chi connectivity index (χ1n) is 8.80. The van der Waals surface area contributed by atoms with Gasteiger partial charge in [0.25, 0.3) is 0 Å². The smallest absolute Gasteiger partial charge is 0.0791 e. The molecule has 0 aliphatic carbocycles. The Morgan fingerprint density at radius 3 is 2.62 bits per heavy atom. The average Bonchev–Trinajstić information content (AvgIpc) is 2.99. The Hall–Kier alpha value is -0.670. The molecule has 0 saturated carbocycles. The molecule has 0 aromatic carbocycles. The maximum Gasteiger partial charge on any atom is 0.0791 e. The summed E-state index contributed by atoms with van der Waals surface area (Å²) in [6.45, 7) is 1.28. The number of rotatable bonds is 10. The summed E-state index contributed by atoms with van der Waals surface area (Å²) < 4.78 is 5.80. The van der Waals surface area contributed by atoms with Crippen LogP contribution in [0.15, 0.2) is 17.1 Å². The van der Waals surface area contributed by atoms with Gasteiger partial charge in [-0.1, -0.05) is 31.8 Å². The second kappa shape index (κ2) is 9.37. The van der Waals surface area contributed by atoms with E-state index < -0.39 is 0 Å². The molecule has 1 saturated heterocycles. The van der Waals surface area contributed by atoms with Crippen LogP contribution in [0.4, 0.5) is 0 Å². The van der Waals surface area contributed by atoms with Gasteiger partial charge < -0.3 is 9.84 Å². The lowest BCUT2D eigenvalue weighted by Gasteiger charge is -2.26. The zero-order valence-electron chi connectivity index (χ0n) is 13.3. The molecule has 0 radical (unpaired) electrons. The first-order valence-corrected chi connectivity index (χ1v) is 8.80. The average molecular weight is 293 g/mol. The van der Waals surface area contributed by atoms with Gasteiger partial charge in [-0.05, 0) is 51.0 Å². The summed E-state index contributed by atoms with van der Waals surface area (Å²) >= 11 is 0. The zero-order valence-corrected chi connectivity index (χ0v) is 13.3. The minimum Gasteiger partial charge on any atom is -0.396 e. The zero-order chi connectivity index (χ0) is 14.8. The van der Waals surface area contributed by atoms with Gasteiger partial charge in [-0.15, -0.1) is 0 Å². The number of nitrogens with zero attached hydrogens (tertiary/aromatic N) is 1. The number of allylic oxidation sites excluding steroid dienone is 1. The molecule has 0 aromatic rings. The van der Waals surface area contributed by atoms with Gasteiger partial charge in [0, 0.05) is 19.4 Å². The topological polar surface area (TPSA) is 41.8 Å². The minimum atomic E-state index is 0.0584. The molecular formula is C18H31NO2. The molecule has 0 spiro atoms. The monoisotopic (exact) mass is 293 g/mol. The van der Waals surface area contributed by atoms with Crippen LogP contribution in [-0.2, 0) is 4.74 Å². The fourth-order valence-corrected chi connectivity index (χ4v) is 3.44. The third kappa shape index (κ3) is 5.91. The molecule has 21 heavy (non-hydrogen) atoms. The second-order valence-corrected chi connectivity index (χ2v) is 6.51. The van der Waals surface area contributed by atoms with Crippen LogP contribution < -0.4 is 0 Å². The number of hydrogen-bond donors (Lipinski definition) is 1. The normalized spacial score (nSPS) is 28.3. The number of aliphatic imine (C=N–C) groups is 1. The lowest BCUT2D eigenvalue weighted by atomic mass is 9.87. The van der Waals surface area contributed by atoms with Crippen molar-refractivity contribution in [3.63, 3.8) is 0 Å². The lowest BCUT2D eigenvalue weighted by molar-refractivity contribution is 0.00962. The van der Waals surface area contributed by atoms with E-state index in [1.54, 1.807) is 0 Å². The molecule has 0 bridgehead atoms. The highest BCUT2D eigenvalue weighted by atomic mass is 16.5. The van der Waals surface area contributed by atoms with Crippen LogP contribution in [0.25, 0.3) is 0 Å². The van der Waals surface area contributed by atoms with E-state index in [4.69, 9.17) is 14.8 Å². The van der Waals surface area contributed by atoms with Gasteiger partial charge in [-0.3, -0.25) is 4.99 Å². The van der Waals surface area contributed by atoms with Gasteiger partial charge in [-0.2, -0.15) is 0 Å². The van der Waals surface area contributed by atoms with Crippen molar-refractivity contribution >= 4 is 6.21 Å². The van der Waals surface area contributed by atoms with Crippen molar-refractivity contribution in [1.29, 1.82) is 0 Å². The summed E-state index contributed by atoms with van der Waals surface area (Å²) in [5, 5.41) is 8.86. The number of aliphatic hydroxyl groups is 1. The number of aliphatic hydroxyl groups excluding tert-OH is 1. The van der Waals surface area contributed by atoms with E-state index in [1.807, 2.05) is 6.21 Å². The maximum absolute atomic E-state index is 8.86. The number of hydrogen-bond acceptors (Lipinski definition) is 3. The van der Waals surface area contributed by atoms with Gasteiger partial charge in [0.05, 0.1) is 11.6 Å². The molecule has 120 valence electrons. The molecule has 3 nitrogen and oxygen atoms in total. The van der Waals surface area contributed by atoms with Crippen molar-refractivity contribution < 1.29 is 9.84 Å². The second-order valence-electron chi connectivity index (χ2n) is 6.51. The highest BCUT2D eigenvalue weighted by molar-refractivity contribution is 5.75. The summed E-state index contributed by atoms with van der Waals surface area (Å²) in [6.07, 6.45) is 19.9. The van der Waals surface area contributed by atoms with Crippen molar-refractivity contribution in [1.82, 2.24) is 0 Å². The number of unbranched alkanes of at least 4 members (excludes halogenated alkanes) is 3. The Kier molecular flexibility index (Phi) is 7.45. The Balaban J connectivity index is 1.63. The Morgan fingerprint density at radius 2 is 1.95 bits per heavy atom. The van der Waals surface area contributed by atoms with Gasteiger partial charge in [-0.25, -0.2) is 0 Å². The largest absolute Gasteiger partial charge is 0.396 e. The van der Waals surface area contributed by atoms with Crippen LogP contribution in [0.2, 0.25) is 0 Å². The molecule has 1 fully saturated rings. The molecule has 2 heterocycles. The Morgan fingerprint density at radius 1 is 1.10 bits per heavy atom. The van der Waals surface area contributed by atoms with Crippen molar-refractivity contribution in [3.8, 4) is 0 Å². The molecular weight excluding hydrogens is 262 g/mol. The summed E-state index contributed by atoms with van der Waals surface area (Å²) in [7, 11) is 0. The molecule has 2 unspecified atom stereocenters. The molecule has 0 aromatic heterocycles. The quantitative estimate of drug-likeness (QED) is 0.617. The van der Waals surface area contributed by atoms with Gasteiger partial charge in [0.15, 0.2) is 0 Å². The van der Waals surface area contributed by atoms with E-state index in [0.29, 0.717) is 12.7 Å². The van der Waals surface area contributed by atoms with E-state index in [2.05, 4.69) is 12.2 Å². The van der Waals surface area contributed by atoms with Gasteiger partial charge in [0.1, 0.15) is 0 Å². The van der Waals surface area contributed by atoms with Gasteiger partial charge >= 0.3 is 0 Å². The van der Waals surface area contributed by atoms with E-state index in [9.17, 15) is 0 Å². The van der Waals surface area contributed by atoms with Crippen molar-refractivity contribution in [2.45, 2.75) is 82.3 Å². The van der Waals surface area contributed by atoms with E-state index in [-0.39, 0.29) is 5.54 Å². The summed E-state index contributed by atoms with van der Waals surface area (Å²) in [4.78, 5) is 4.72. The van der Waals surface area contributed by atoms with Crippen LogP contribution in [0.3, 0.4) is 0 Å². The summed E-state index contributed by atoms with van der Waals surface area (Å²) in [5.41, 5.74) is 0.0584. The molecule has 2 aliphatic heterocycles. The predicted molar refractivity (Wildman–Crippen MR) is 88.0 cm³/mol. The molecule has 2 rings (SSSR count). The fourth-order valence-electron chi connectivity index (χ4n) is 3.44. The Bertz CT molecular complexity index is 320. The van der Waals surface area contributed by atoms with Crippen LogP contribution >= 0.6 is 0 Å². The molecule has 0 amide bonds. The van der Waals surface area contributed by atoms with Crippen molar-refractivity contribution in [2.75, 3.05) is 13.2 Å². The van der Waals surface area contributed by atoms with Crippen molar-refractivity contribution in [2.24, 2.45) is 4.99 Å². The molecule has 2 atom stereocenters. The summed E-state index contributed by atoms with van der Waals surface area (Å²) in [6, 6.07) is 0. The van der Waals surface area contributed by atoms with Crippen LogP contribution in [0.1, 0.15) is 70.6 Å². The third-order valence-corrected chi connectivity index (χ3v) is 4.75. The lowest BCUT2D eigenvalue weighted by Crippen LogP contribution is -2.22. The first-order chi connectivity index (χ1) is 10.3. The maximum atomic E-state index is 8.86. The van der Waals surface area contributed by atoms with Crippen molar-refractivity contribution in [3.05, 3.63) is 12.2 Å². The highest BCUT2D eigenvalue weighted by Crippen LogP contribution is 2.31. The number of ether oxygens (including phenoxy) is 1. The van der Waals surface area contributed by atoms with E-state index in [1.165, 1.54) is 38.5 Å². The third-order valence-electron chi connectivity index (χ3n) is 4.75. The van der Waals surface area contributed by atoms with Crippen LogP contribution in [0.5, 0.6) is 0 Å². The fraction of sp³-hybridized carbons (Fsp3) is 0.833. The van der Waals surface area contributed by atoms with Crippen LogP contribution in [0, 0.1) is 0 Å². The van der Waals surface area contributed by atoms with Gasteiger partial charge in [0.2, 0.25) is 0 Å². The highest BCUT2D eigenvalue weighted by Gasteiger charge is 2.26. The summed E-state index contributed by atoms with van der Waals surface area (Å²) in [5.74, 6) is 0. The molecule has 3 heteroatoms. The SMILES string of the molecule is OCCCCCC1(CCCCC2CCCCO2)C=CC=N1. The van der Waals surface area contributed by atoms with Crippen LogP contribution in [-0.4, -0.2) is 36.2 Å². The predicted octanol–water partition coefficient (Wildman–Crippen LogP) is 4.05. The Labute approximate surface area is 129 Å². The van der Waals surface area contributed by atoms with E-state index >= 15 is 0 Å². The molecule has 1 N–H and O–H groups in total. The first kappa shape index (κ1) is 16.7.